The van der Waals surface area contributed by atoms with E-state index >= 15 is 0 Å². The summed E-state index contributed by atoms with van der Waals surface area (Å²) in [5, 5.41) is 6.49. The molecule has 0 radical (unpaired) electrons. The van der Waals surface area contributed by atoms with Gasteiger partial charge in [0.25, 0.3) is 0 Å². The molecular weight excluding hydrogens is 611 g/mol. The molecule has 0 N–H and O–H groups in total. The van der Waals surface area contributed by atoms with Gasteiger partial charge in [-0.1, -0.05) is 167 Å². The van der Waals surface area contributed by atoms with Crippen molar-refractivity contribution in [2.45, 2.75) is 52.6 Å². The van der Waals surface area contributed by atoms with Crippen LogP contribution in [0.1, 0.15) is 64.9 Å². The molecule has 8 aromatic rings. The maximum atomic E-state index is 9.13. The topological polar surface area (TPSA) is 38.7 Å². The average Bonchev–Trinajstić information content (AvgIpc) is 3.23. The molecule has 0 saturated carbocycles. The van der Waals surface area contributed by atoms with E-state index in [1.54, 1.807) is 0 Å². The van der Waals surface area contributed by atoms with Crippen LogP contribution in [0.5, 0.6) is 0 Å². The molecule has 0 spiro atoms. The Morgan fingerprint density at radius 2 is 1.00 bits per heavy atom. The summed E-state index contributed by atoms with van der Waals surface area (Å²) in [5.41, 5.74) is 1.57. The van der Waals surface area contributed by atoms with Gasteiger partial charge in [-0.05, 0) is 65.8 Å². The van der Waals surface area contributed by atoms with Crippen LogP contribution in [-0.2, 0) is 0 Å². The predicted octanol–water partition coefficient (Wildman–Crippen LogP) is 10.8. The Hall–Kier alpha value is -5.19. The highest BCUT2D eigenvalue weighted by Gasteiger charge is 2.31. The zero-order valence-electron chi connectivity index (χ0n) is 38.3. The maximum Gasteiger partial charge on any atom is 0.164 e. The van der Waals surface area contributed by atoms with Crippen molar-refractivity contribution in [1.29, 1.82) is 0 Å². The van der Waals surface area contributed by atoms with E-state index in [0.29, 0.717) is 50.3 Å². The Balaban J connectivity index is 1.65. The van der Waals surface area contributed by atoms with Crippen molar-refractivity contribution in [1.82, 2.24) is 15.0 Å². The lowest BCUT2D eigenvalue weighted by molar-refractivity contribution is 0.697. The van der Waals surface area contributed by atoms with Gasteiger partial charge in [0.05, 0.1) is 13.7 Å². The van der Waals surface area contributed by atoms with Crippen LogP contribution in [0.4, 0.5) is 0 Å². The van der Waals surface area contributed by atoms with Gasteiger partial charge in [0.1, 0.15) is 19.7 Å². The molecule has 3 nitrogen and oxygen atoms in total. The van der Waals surface area contributed by atoms with E-state index < -0.39 is 44.3 Å². The van der Waals surface area contributed by atoms with E-state index in [4.69, 9.17) is 28.7 Å². The summed E-state index contributed by atoms with van der Waals surface area (Å²) in [6.07, 6.45) is 0. The van der Waals surface area contributed by atoms with Crippen molar-refractivity contribution >= 4 is 50.8 Å². The summed E-state index contributed by atoms with van der Waals surface area (Å²) in [6, 6.07) is 17.7. The molecule has 49 heavy (non-hydrogen) atoms. The second-order valence-electron chi connectivity index (χ2n) is 13.7. The number of hydrogen-bond acceptors (Lipinski definition) is 3. The van der Waals surface area contributed by atoms with Gasteiger partial charge in [0.15, 0.2) is 5.82 Å². The number of benzene rings is 7. The number of nitrogens with zero attached hydrogens (tertiary/aromatic N) is 3. The fourth-order valence-electron chi connectivity index (χ4n) is 6.93. The monoisotopic (exact) mass is 661 g/mol. The van der Waals surface area contributed by atoms with Crippen molar-refractivity contribution in [3.8, 4) is 33.6 Å². The molecule has 0 fully saturated rings. The molecule has 7 aromatic carbocycles. The van der Waals surface area contributed by atoms with Crippen LogP contribution in [0.15, 0.2) is 127 Å². The van der Waals surface area contributed by atoms with Crippen LogP contribution in [-0.4, -0.2) is 23.0 Å². The van der Waals surface area contributed by atoms with E-state index in [1.165, 1.54) is 0 Å². The van der Waals surface area contributed by atoms with Gasteiger partial charge in [0, 0.05) is 17.4 Å². The van der Waals surface area contributed by atoms with Crippen LogP contribution in [0.2, 0.25) is 13.1 Å². The third-order valence-corrected chi connectivity index (χ3v) is 13.1. The molecule has 240 valence electrons. The lowest BCUT2D eigenvalue weighted by atomic mass is 9.85. The van der Waals surface area contributed by atoms with Crippen molar-refractivity contribution in [2.24, 2.45) is 0 Å². The lowest BCUT2D eigenvalue weighted by Gasteiger charge is -2.28. The zero-order chi connectivity index (χ0) is 42.6. The highest BCUT2D eigenvalue weighted by atomic mass is 28.3. The third kappa shape index (κ3) is 5.22. The molecule has 1 heterocycles. The van der Waals surface area contributed by atoms with E-state index in [1.807, 2.05) is 76.2 Å². The Morgan fingerprint density at radius 3 is 1.53 bits per heavy atom. The Bertz CT molecular complexity index is 2960. The standard InChI is InChI=1S/C45H41N3Si/c1-28(2)43-46-44(29(3)4)48-45(47-43)39-26-37(30-16-10-7-11-17-30)33-22-23-34-38(31-18-12-8-13-19-31)27-40(36-25-24-35(39)41(33)42(34)36)49(5,6)32-20-14-9-15-21-32/h7-29H,1-6H3/i7D,8D,10D,11D,12D,13D,16D,17D,18D,19D. The minimum absolute atomic E-state index is 0.0301. The Labute approximate surface area is 304 Å². The van der Waals surface area contributed by atoms with Gasteiger partial charge in [-0.3, -0.25) is 0 Å². The van der Waals surface area contributed by atoms with Gasteiger partial charge in [-0.15, -0.1) is 0 Å². The molecule has 0 aliphatic heterocycles. The molecule has 0 aliphatic carbocycles. The molecule has 0 amide bonds. The summed E-state index contributed by atoms with van der Waals surface area (Å²) in [4.78, 5) is 14.8. The minimum Gasteiger partial charge on any atom is -0.217 e. The molecule has 4 heteroatoms. The molecule has 1 aromatic heterocycles. The SMILES string of the molecule is [2H]c1c([2H])c([2H])c(-c2cc(-c3nc(C(C)C)nc(C(C)C)n3)c3ccc4c([Si](C)(C)c5ccccc5)cc(-c5c([2H])c([2H])c([2H])c([2H])c5[2H])c5ccc2c3c54)c([2H])c1[2H]. The highest BCUT2D eigenvalue weighted by molar-refractivity contribution is 7.01. The van der Waals surface area contributed by atoms with Crippen molar-refractivity contribution in [3.63, 3.8) is 0 Å². The highest BCUT2D eigenvalue weighted by Crippen LogP contribution is 2.45. The number of rotatable bonds is 7. The third-order valence-electron chi connectivity index (χ3n) is 9.55. The molecule has 8 rings (SSSR count). The predicted molar refractivity (Wildman–Crippen MR) is 211 cm³/mol. The normalized spacial score (nSPS) is 15.1. The Morgan fingerprint density at radius 1 is 0.531 bits per heavy atom. The van der Waals surface area contributed by atoms with Gasteiger partial charge < -0.3 is 0 Å². The van der Waals surface area contributed by atoms with Gasteiger partial charge in [0.2, 0.25) is 0 Å². The fraction of sp³-hybridized carbons (Fsp3) is 0.178. The van der Waals surface area contributed by atoms with Crippen LogP contribution >= 0.6 is 0 Å². The maximum absolute atomic E-state index is 9.13. The summed E-state index contributed by atoms with van der Waals surface area (Å²) in [7, 11) is -2.64. The number of aromatic nitrogens is 3. The Kier molecular flexibility index (Phi) is 5.34. The van der Waals surface area contributed by atoms with Crippen LogP contribution in [0, 0.1) is 0 Å². The van der Waals surface area contributed by atoms with E-state index in [0.717, 1.165) is 26.5 Å². The first-order valence-electron chi connectivity index (χ1n) is 21.6. The summed E-state index contributed by atoms with van der Waals surface area (Å²) in [5.74, 6) is 1.48. The lowest BCUT2D eigenvalue weighted by Crippen LogP contribution is -2.53. The molecule has 0 saturated heterocycles. The first-order valence-corrected chi connectivity index (χ1v) is 19.6. The van der Waals surface area contributed by atoms with Crippen LogP contribution < -0.4 is 10.4 Å². The van der Waals surface area contributed by atoms with E-state index in [-0.39, 0.29) is 47.1 Å². The average molecular weight is 662 g/mol. The van der Waals surface area contributed by atoms with Gasteiger partial charge in [-0.2, -0.15) is 0 Å². The molecule has 0 atom stereocenters. The van der Waals surface area contributed by atoms with E-state index in [9.17, 15) is 0 Å². The van der Waals surface area contributed by atoms with Gasteiger partial charge >= 0.3 is 0 Å². The van der Waals surface area contributed by atoms with E-state index in [2.05, 4.69) is 31.3 Å². The minimum atomic E-state index is -2.64. The zero-order valence-corrected chi connectivity index (χ0v) is 29.3. The molecule has 0 bridgehead atoms. The molecular formula is C45H41N3Si. The summed E-state index contributed by atoms with van der Waals surface area (Å²) in [6.45, 7) is 12.5. The largest absolute Gasteiger partial charge is 0.217 e. The summed E-state index contributed by atoms with van der Waals surface area (Å²) >= 11 is 0. The first-order chi connectivity index (χ1) is 27.9. The second kappa shape index (κ2) is 12.0. The van der Waals surface area contributed by atoms with Crippen LogP contribution in [0.25, 0.3) is 66.0 Å². The van der Waals surface area contributed by atoms with Crippen molar-refractivity contribution in [2.75, 3.05) is 0 Å². The van der Waals surface area contributed by atoms with Crippen LogP contribution in [0.3, 0.4) is 0 Å². The first kappa shape index (κ1) is 21.7. The van der Waals surface area contributed by atoms with Crippen molar-refractivity contribution in [3.05, 3.63) is 139 Å². The molecule has 0 unspecified atom stereocenters. The quantitative estimate of drug-likeness (QED) is 0.126. The molecule has 0 aliphatic rings. The van der Waals surface area contributed by atoms with Crippen molar-refractivity contribution < 1.29 is 13.7 Å². The smallest absolute Gasteiger partial charge is 0.164 e. The number of hydrogen-bond donors (Lipinski definition) is 0. The van der Waals surface area contributed by atoms with Gasteiger partial charge in [-0.25, -0.2) is 15.0 Å². The second-order valence-corrected chi connectivity index (χ2v) is 18.1. The fourth-order valence-corrected chi connectivity index (χ4v) is 9.66. The summed E-state index contributed by atoms with van der Waals surface area (Å²) < 4.78 is 87.9.